The second kappa shape index (κ2) is 9.59. The summed E-state index contributed by atoms with van der Waals surface area (Å²) in [6.07, 6.45) is 4.66. The Bertz CT molecular complexity index is 967. The Morgan fingerprint density at radius 1 is 0.962 bits per heavy atom. The predicted octanol–water partition coefficient (Wildman–Crippen LogP) is -6.02. The van der Waals surface area contributed by atoms with E-state index >= 15 is 0 Å². The molecule has 0 atom stereocenters. The van der Waals surface area contributed by atoms with Crippen LogP contribution in [0.25, 0.3) is 6.08 Å². The molecule has 0 saturated carbocycles. The zero-order chi connectivity index (χ0) is 18.2. The number of allylic oxidation sites excluding steroid dienone is 3. The summed E-state index contributed by atoms with van der Waals surface area (Å²) < 4.78 is 67.8. The van der Waals surface area contributed by atoms with Crippen molar-refractivity contribution in [2.45, 2.75) is 17.0 Å². The minimum Gasteiger partial charge on any atom is -0.744 e. The molecule has 0 heterocycles. The normalized spacial score (nSPS) is 16.9. The van der Waals surface area contributed by atoms with E-state index in [1.54, 1.807) is 0 Å². The summed E-state index contributed by atoms with van der Waals surface area (Å²) in [6, 6.07) is 5.39. The van der Waals surface area contributed by atoms with E-state index in [0.717, 1.165) is 6.07 Å². The maximum absolute atomic E-state index is 11.4. The van der Waals surface area contributed by atoms with Crippen molar-refractivity contribution in [3.63, 3.8) is 0 Å². The van der Waals surface area contributed by atoms with Crippen molar-refractivity contribution in [1.29, 1.82) is 0 Å². The second-order valence-corrected chi connectivity index (χ2v) is 8.03. The van der Waals surface area contributed by atoms with Gasteiger partial charge in [-0.2, -0.15) is 0 Å². The van der Waals surface area contributed by atoms with Gasteiger partial charge in [0.2, 0.25) is 0 Å². The number of hydrogen-bond donors (Lipinski definition) is 2. The van der Waals surface area contributed by atoms with Crippen molar-refractivity contribution in [3.05, 3.63) is 58.5 Å². The monoisotopic (exact) mass is 416 g/mol. The molecular formula is C14H14N2Na2O6S2. The van der Waals surface area contributed by atoms with Crippen LogP contribution in [0.15, 0.2) is 57.9 Å². The van der Waals surface area contributed by atoms with Crippen molar-refractivity contribution in [1.82, 2.24) is 0 Å². The fraction of sp³-hybridized carbons (Fsp3) is 0.143. The van der Waals surface area contributed by atoms with Gasteiger partial charge in [-0.05, 0) is 23.3 Å². The first-order chi connectivity index (χ1) is 10.9. The van der Waals surface area contributed by atoms with Gasteiger partial charge in [0.05, 0.1) is 10.6 Å². The van der Waals surface area contributed by atoms with Gasteiger partial charge in [-0.25, -0.2) is 16.8 Å². The van der Waals surface area contributed by atoms with E-state index in [2.05, 4.69) is 0 Å². The number of rotatable bonds is 4. The van der Waals surface area contributed by atoms with E-state index in [9.17, 15) is 25.9 Å². The molecule has 4 N–H and O–H groups in total. The van der Waals surface area contributed by atoms with Gasteiger partial charge in [0, 0.05) is 11.3 Å². The minimum atomic E-state index is -4.80. The molecule has 0 radical (unpaired) electrons. The van der Waals surface area contributed by atoms with Crippen LogP contribution in [0.2, 0.25) is 0 Å². The van der Waals surface area contributed by atoms with Gasteiger partial charge in [0.25, 0.3) is 0 Å². The van der Waals surface area contributed by atoms with Gasteiger partial charge in [-0.3, -0.25) is 0 Å². The van der Waals surface area contributed by atoms with E-state index < -0.39 is 42.1 Å². The molecule has 0 amide bonds. The molecule has 0 aliphatic heterocycles. The molecule has 1 aromatic rings. The van der Waals surface area contributed by atoms with Crippen molar-refractivity contribution in [2.75, 3.05) is 0 Å². The number of nitrogens with two attached hydrogens (primary N) is 2. The summed E-state index contributed by atoms with van der Waals surface area (Å²) in [4.78, 5) is -0.964. The van der Waals surface area contributed by atoms with Gasteiger partial charge in [0.1, 0.15) is 20.2 Å². The third-order valence-corrected chi connectivity index (χ3v) is 5.19. The molecule has 0 bridgehead atoms. The van der Waals surface area contributed by atoms with Crippen LogP contribution in [0.4, 0.5) is 0 Å². The Hall–Kier alpha value is 0.180. The molecule has 1 aromatic carbocycles. The topological polar surface area (TPSA) is 166 Å². The van der Waals surface area contributed by atoms with Gasteiger partial charge in [0.15, 0.2) is 0 Å². The van der Waals surface area contributed by atoms with E-state index in [0.29, 0.717) is 0 Å². The van der Waals surface area contributed by atoms with Crippen LogP contribution < -0.4 is 70.6 Å². The predicted molar refractivity (Wildman–Crippen MR) is 85.0 cm³/mol. The number of hydrogen-bond acceptors (Lipinski definition) is 8. The Balaban J connectivity index is 0.00000312. The van der Waals surface area contributed by atoms with Crippen LogP contribution >= 0.6 is 0 Å². The summed E-state index contributed by atoms with van der Waals surface area (Å²) >= 11 is 0. The zero-order valence-corrected chi connectivity index (χ0v) is 19.9. The van der Waals surface area contributed by atoms with E-state index in [1.165, 1.54) is 42.5 Å². The van der Waals surface area contributed by atoms with Gasteiger partial charge >= 0.3 is 59.1 Å². The Morgan fingerprint density at radius 2 is 1.54 bits per heavy atom. The van der Waals surface area contributed by atoms with E-state index in [-0.39, 0.29) is 70.3 Å². The molecule has 0 fully saturated rings. The molecule has 0 spiro atoms. The van der Waals surface area contributed by atoms with Gasteiger partial charge in [-0.1, -0.05) is 36.4 Å². The second-order valence-electron chi connectivity index (χ2n) is 5.28. The maximum Gasteiger partial charge on any atom is 1.00 e. The third kappa shape index (κ3) is 6.97. The summed E-state index contributed by atoms with van der Waals surface area (Å²) in [7, 11) is -9.50. The average Bonchev–Trinajstić information content (AvgIpc) is 2.43. The van der Waals surface area contributed by atoms with Crippen LogP contribution in [0.5, 0.6) is 0 Å². The van der Waals surface area contributed by atoms with Crippen LogP contribution in [-0.2, 0) is 20.2 Å². The van der Waals surface area contributed by atoms with Crippen LogP contribution in [-0.4, -0.2) is 31.6 Å². The Morgan fingerprint density at radius 3 is 2.08 bits per heavy atom. The first-order valence-electron chi connectivity index (χ1n) is 6.59. The molecule has 130 valence electrons. The minimum absolute atomic E-state index is 0. The summed E-state index contributed by atoms with van der Waals surface area (Å²) in [5.41, 5.74) is 9.86. The largest absolute Gasteiger partial charge is 1.00 e. The summed E-state index contributed by atoms with van der Waals surface area (Å²) in [5.74, 6) is 0. The SMILES string of the molecule is NC1(N)C=CC(C=Cc2ccccc2S(=O)(=O)[O-])=C(S(=O)(=O)[O-])C1.[Na+].[Na+]. The number of benzene rings is 1. The molecular weight excluding hydrogens is 402 g/mol. The zero-order valence-electron chi connectivity index (χ0n) is 14.2. The van der Waals surface area contributed by atoms with Crippen molar-refractivity contribution < 1.29 is 85.1 Å². The quantitative estimate of drug-likeness (QED) is 0.278. The molecule has 0 aromatic heterocycles. The average molecular weight is 416 g/mol. The van der Waals surface area contributed by atoms with Gasteiger partial charge < -0.3 is 20.6 Å². The molecule has 12 heteroatoms. The van der Waals surface area contributed by atoms with Crippen molar-refractivity contribution in [2.24, 2.45) is 11.5 Å². The molecule has 2 rings (SSSR count). The smallest absolute Gasteiger partial charge is 0.744 e. The third-order valence-electron chi connectivity index (χ3n) is 3.29. The molecule has 26 heavy (non-hydrogen) atoms. The Kier molecular flexibility index (Phi) is 9.66. The van der Waals surface area contributed by atoms with E-state index in [4.69, 9.17) is 11.5 Å². The molecule has 1 aliphatic rings. The maximum atomic E-state index is 11.4. The fourth-order valence-electron chi connectivity index (χ4n) is 2.18. The van der Waals surface area contributed by atoms with Crippen molar-refractivity contribution >= 4 is 26.3 Å². The molecule has 8 nitrogen and oxygen atoms in total. The molecule has 0 unspecified atom stereocenters. The van der Waals surface area contributed by atoms with Crippen LogP contribution in [0.3, 0.4) is 0 Å². The first-order valence-corrected chi connectivity index (χ1v) is 9.41. The summed E-state index contributed by atoms with van der Waals surface area (Å²) in [6.45, 7) is 0. The van der Waals surface area contributed by atoms with Crippen molar-refractivity contribution in [3.8, 4) is 0 Å². The molecule has 1 aliphatic carbocycles. The fourth-order valence-corrected chi connectivity index (χ4v) is 3.71. The first kappa shape index (κ1) is 26.2. The van der Waals surface area contributed by atoms with Gasteiger partial charge in [-0.15, -0.1) is 0 Å². The van der Waals surface area contributed by atoms with Crippen LogP contribution in [0, 0.1) is 0 Å². The van der Waals surface area contributed by atoms with E-state index in [1.807, 2.05) is 0 Å². The van der Waals surface area contributed by atoms with Crippen LogP contribution in [0.1, 0.15) is 12.0 Å². The Labute approximate surface area is 196 Å². The standard InChI is InChI=1S/C14H16N2O6S2.2Na/c15-14(16)8-7-11(13(9-14)24(20,21)22)6-5-10-3-1-2-4-12(10)23(17,18)19;;/h1-8H,9,15-16H2,(H,17,18,19)(H,20,21,22);;/q;2*+1/p-2. The summed E-state index contributed by atoms with van der Waals surface area (Å²) in [5, 5.41) is 0. The molecule has 0 saturated heterocycles.